The fourth-order valence-electron chi connectivity index (χ4n) is 3.27. The zero-order valence-electron chi connectivity index (χ0n) is 14.3. The largest absolute Gasteiger partial charge is 0.347 e. The Hall–Kier alpha value is -1.24. The van der Waals surface area contributed by atoms with Crippen molar-refractivity contribution in [3.05, 3.63) is 35.9 Å². The average molecular weight is 384 g/mol. The summed E-state index contributed by atoms with van der Waals surface area (Å²) in [6, 6.07) is 10.0. The molecule has 7 heteroatoms. The van der Waals surface area contributed by atoms with Gasteiger partial charge in [0.2, 0.25) is 11.8 Å². The fraction of sp³-hybridized carbons (Fsp3) is 0.556. The van der Waals surface area contributed by atoms with E-state index in [1.165, 1.54) is 0 Å². The molecule has 2 fully saturated rings. The Balaban J connectivity index is 0.00000225. The van der Waals surface area contributed by atoms with Gasteiger partial charge in [-0.05, 0) is 12.0 Å². The molecule has 2 aliphatic heterocycles. The number of benzene rings is 1. The van der Waals surface area contributed by atoms with E-state index >= 15 is 0 Å². The van der Waals surface area contributed by atoms with Gasteiger partial charge in [0.25, 0.3) is 0 Å². The molecule has 2 saturated heterocycles. The number of rotatable bonds is 6. The Morgan fingerprint density at radius 1 is 1.36 bits per heavy atom. The molecule has 1 aromatic rings. The van der Waals surface area contributed by atoms with Gasteiger partial charge in [-0.1, -0.05) is 30.3 Å². The van der Waals surface area contributed by atoms with Gasteiger partial charge in [-0.2, -0.15) is 11.8 Å². The lowest BCUT2D eigenvalue weighted by Gasteiger charge is -2.27. The van der Waals surface area contributed by atoms with Crippen LogP contribution >= 0.6 is 24.2 Å². The van der Waals surface area contributed by atoms with Crippen molar-refractivity contribution in [2.45, 2.75) is 31.3 Å². The van der Waals surface area contributed by atoms with Gasteiger partial charge in [-0.25, -0.2) is 0 Å². The Kier molecular flexibility index (Phi) is 8.06. The van der Waals surface area contributed by atoms with Crippen LogP contribution in [0.1, 0.15) is 30.9 Å². The van der Waals surface area contributed by atoms with Crippen LogP contribution in [0, 0.1) is 0 Å². The third-order valence-electron chi connectivity index (χ3n) is 4.54. The third-order valence-corrected chi connectivity index (χ3v) is 5.67. The lowest BCUT2D eigenvalue weighted by atomic mass is 10.1. The van der Waals surface area contributed by atoms with Crippen LogP contribution in [0.15, 0.2) is 30.3 Å². The van der Waals surface area contributed by atoms with Crippen molar-refractivity contribution in [3.63, 3.8) is 0 Å². The Morgan fingerprint density at radius 3 is 2.80 bits per heavy atom. The van der Waals surface area contributed by atoms with Gasteiger partial charge in [0.15, 0.2) is 0 Å². The quantitative estimate of drug-likeness (QED) is 0.788. The molecule has 3 rings (SSSR count). The lowest BCUT2D eigenvalue weighted by molar-refractivity contribution is -0.129. The summed E-state index contributed by atoms with van der Waals surface area (Å²) in [7, 11) is 0. The first-order chi connectivity index (χ1) is 11.7. The van der Waals surface area contributed by atoms with Crippen molar-refractivity contribution in [1.29, 1.82) is 0 Å². The van der Waals surface area contributed by atoms with Crippen LogP contribution < -0.4 is 10.6 Å². The zero-order chi connectivity index (χ0) is 16.8. The number of thioether (sulfide) groups is 1. The molecule has 5 nitrogen and oxygen atoms in total. The van der Waals surface area contributed by atoms with Crippen molar-refractivity contribution in [3.8, 4) is 0 Å². The van der Waals surface area contributed by atoms with Crippen molar-refractivity contribution in [2.75, 3.05) is 31.1 Å². The highest BCUT2D eigenvalue weighted by Crippen LogP contribution is 2.19. The highest BCUT2D eigenvalue weighted by atomic mass is 35.5. The molecule has 0 radical (unpaired) electrons. The third kappa shape index (κ3) is 5.90. The van der Waals surface area contributed by atoms with Crippen molar-refractivity contribution in [2.24, 2.45) is 0 Å². The molecule has 0 saturated carbocycles. The molecule has 0 aliphatic carbocycles. The first-order valence-electron chi connectivity index (χ1n) is 8.65. The summed E-state index contributed by atoms with van der Waals surface area (Å²) in [6.45, 7) is 2.31. The van der Waals surface area contributed by atoms with Crippen LogP contribution in [0.3, 0.4) is 0 Å². The predicted molar refractivity (Wildman–Crippen MR) is 104 cm³/mol. The molecule has 0 aromatic heterocycles. The summed E-state index contributed by atoms with van der Waals surface area (Å²) in [5.41, 5.74) is 1.05. The number of nitrogens with one attached hydrogen (secondary N) is 2. The number of halogens is 1. The van der Waals surface area contributed by atoms with Crippen LogP contribution in [-0.4, -0.2) is 53.9 Å². The van der Waals surface area contributed by atoms with E-state index in [1.807, 2.05) is 47.0 Å². The molecule has 2 unspecified atom stereocenters. The highest BCUT2D eigenvalue weighted by molar-refractivity contribution is 7.99. The Morgan fingerprint density at radius 2 is 2.16 bits per heavy atom. The number of hydrogen-bond acceptors (Lipinski definition) is 4. The standard InChI is InChI=1S/C18H25N3O2S.ClH/c22-17(11-15-13-24-10-8-19-15)20-16(14-5-2-1-3-6-14)12-21-9-4-7-18(21)23;/h1-3,5-6,15-16,19H,4,7-13H2,(H,20,22);1H. The molecule has 25 heavy (non-hydrogen) atoms. The lowest BCUT2D eigenvalue weighted by Crippen LogP contribution is -2.44. The minimum absolute atomic E-state index is 0. The Labute approximate surface area is 159 Å². The average Bonchev–Trinajstić information content (AvgIpc) is 3.01. The second kappa shape index (κ2) is 10.0. The summed E-state index contributed by atoms with van der Waals surface area (Å²) in [5, 5.41) is 6.54. The van der Waals surface area contributed by atoms with Crippen LogP contribution in [0.2, 0.25) is 0 Å². The molecule has 1 aromatic carbocycles. The fourth-order valence-corrected chi connectivity index (χ4v) is 4.21. The SMILES string of the molecule is Cl.O=C(CC1CSCCN1)NC(CN1CCCC1=O)c1ccccc1. The maximum absolute atomic E-state index is 12.5. The predicted octanol–water partition coefficient (Wildman–Crippen LogP) is 1.98. The van der Waals surface area contributed by atoms with Crippen molar-refractivity contribution < 1.29 is 9.59 Å². The van der Waals surface area contributed by atoms with E-state index in [-0.39, 0.29) is 36.3 Å². The molecule has 0 spiro atoms. The van der Waals surface area contributed by atoms with Crippen LogP contribution in [0.4, 0.5) is 0 Å². The number of carbonyl (C=O) groups excluding carboxylic acids is 2. The van der Waals surface area contributed by atoms with E-state index in [0.717, 1.165) is 36.6 Å². The summed E-state index contributed by atoms with van der Waals surface area (Å²) in [4.78, 5) is 26.3. The van der Waals surface area contributed by atoms with E-state index in [4.69, 9.17) is 0 Å². The summed E-state index contributed by atoms with van der Waals surface area (Å²) in [5.74, 6) is 2.33. The first-order valence-corrected chi connectivity index (χ1v) is 9.81. The zero-order valence-corrected chi connectivity index (χ0v) is 15.9. The monoisotopic (exact) mass is 383 g/mol. The second-order valence-corrected chi connectivity index (χ2v) is 7.55. The number of nitrogens with zero attached hydrogens (tertiary/aromatic N) is 1. The van der Waals surface area contributed by atoms with E-state index in [0.29, 0.717) is 19.4 Å². The van der Waals surface area contributed by atoms with Gasteiger partial charge >= 0.3 is 0 Å². The van der Waals surface area contributed by atoms with Crippen molar-refractivity contribution in [1.82, 2.24) is 15.5 Å². The van der Waals surface area contributed by atoms with Gasteiger partial charge in [0.1, 0.15) is 0 Å². The normalized spacial score (nSPS) is 21.5. The second-order valence-electron chi connectivity index (χ2n) is 6.40. The van der Waals surface area contributed by atoms with E-state index < -0.39 is 0 Å². The number of carbonyl (C=O) groups is 2. The van der Waals surface area contributed by atoms with E-state index in [1.54, 1.807) is 0 Å². The van der Waals surface area contributed by atoms with Crippen molar-refractivity contribution >= 4 is 36.0 Å². The minimum Gasteiger partial charge on any atom is -0.347 e. The molecule has 2 N–H and O–H groups in total. The number of likely N-dealkylation sites (tertiary alicyclic amines) is 1. The summed E-state index contributed by atoms with van der Waals surface area (Å²) >= 11 is 1.89. The van der Waals surface area contributed by atoms with Gasteiger partial charge in [0, 0.05) is 50.0 Å². The first kappa shape index (κ1) is 20.1. The smallest absolute Gasteiger partial charge is 0.222 e. The van der Waals surface area contributed by atoms with Crippen LogP contribution in [0.25, 0.3) is 0 Å². The van der Waals surface area contributed by atoms with Gasteiger partial charge in [-0.15, -0.1) is 12.4 Å². The number of amides is 2. The van der Waals surface area contributed by atoms with E-state index in [2.05, 4.69) is 10.6 Å². The van der Waals surface area contributed by atoms with E-state index in [9.17, 15) is 9.59 Å². The van der Waals surface area contributed by atoms with Crippen LogP contribution in [0.5, 0.6) is 0 Å². The van der Waals surface area contributed by atoms with Gasteiger partial charge in [0.05, 0.1) is 6.04 Å². The topological polar surface area (TPSA) is 61.4 Å². The highest BCUT2D eigenvalue weighted by Gasteiger charge is 2.26. The molecule has 2 heterocycles. The Bertz CT molecular complexity index is 567. The molecule has 0 bridgehead atoms. The molecule has 138 valence electrons. The maximum Gasteiger partial charge on any atom is 0.222 e. The summed E-state index contributed by atoms with van der Waals surface area (Å²) in [6.07, 6.45) is 2.03. The molecule has 2 amide bonds. The van der Waals surface area contributed by atoms with Gasteiger partial charge < -0.3 is 15.5 Å². The summed E-state index contributed by atoms with van der Waals surface area (Å²) < 4.78 is 0. The number of hydrogen-bond donors (Lipinski definition) is 2. The molecule has 2 atom stereocenters. The van der Waals surface area contributed by atoms with Crippen LogP contribution in [-0.2, 0) is 9.59 Å². The minimum atomic E-state index is -0.142. The molecule has 2 aliphatic rings. The maximum atomic E-state index is 12.5. The van der Waals surface area contributed by atoms with Gasteiger partial charge in [-0.3, -0.25) is 9.59 Å². The molecular weight excluding hydrogens is 358 g/mol. The molecular formula is C18H26ClN3O2S.